The molecule has 0 radical (unpaired) electrons. The van der Waals surface area contributed by atoms with Crippen LogP contribution in [0.2, 0.25) is 5.02 Å². The van der Waals surface area contributed by atoms with E-state index in [0.717, 1.165) is 0 Å². The lowest BCUT2D eigenvalue weighted by Gasteiger charge is -2.08. The lowest BCUT2D eigenvalue weighted by molar-refractivity contribution is 0.274. The van der Waals surface area contributed by atoms with Gasteiger partial charge < -0.3 is 9.84 Å². The molecule has 0 aliphatic rings. The number of hydrogen-bond donors (Lipinski definition) is 1. The van der Waals surface area contributed by atoms with Crippen molar-refractivity contribution >= 4 is 11.6 Å². The van der Waals surface area contributed by atoms with Crippen LogP contribution in [0.5, 0.6) is 11.6 Å². The first kappa shape index (κ1) is 11.8. The number of aliphatic hydroxyl groups is 1. The second kappa shape index (κ2) is 5.12. The average Bonchev–Trinajstić information content (AvgIpc) is 2.32. The smallest absolute Gasteiger partial charge is 0.228 e. The molecular weight excluding hydrogens is 240 g/mol. The highest BCUT2D eigenvalue weighted by molar-refractivity contribution is 6.30. The van der Waals surface area contributed by atoms with E-state index in [0.29, 0.717) is 28.0 Å². The summed E-state index contributed by atoms with van der Waals surface area (Å²) in [4.78, 5) is 8.13. The number of aryl methyl sites for hydroxylation is 1. The number of halogens is 1. The van der Waals surface area contributed by atoms with Crippen LogP contribution >= 0.6 is 11.6 Å². The van der Waals surface area contributed by atoms with Crippen LogP contribution in [0, 0.1) is 6.92 Å². The third kappa shape index (κ3) is 2.93. The maximum absolute atomic E-state index is 9.15. The van der Waals surface area contributed by atoms with E-state index < -0.39 is 0 Å². The number of aliphatic hydroxyl groups excluding tert-OH is 1. The molecule has 88 valence electrons. The molecule has 0 amide bonds. The van der Waals surface area contributed by atoms with Gasteiger partial charge in [0.2, 0.25) is 5.88 Å². The number of benzene rings is 1. The molecule has 0 atom stereocenters. The fraction of sp³-hybridized carbons (Fsp3) is 0.167. The SMILES string of the molecule is Cc1ncc(CO)c(Oc2ccc(Cl)cc2)n1. The van der Waals surface area contributed by atoms with Crippen molar-refractivity contribution in [2.75, 3.05) is 0 Å². The summed E-state index contributed by atoms with van der Waals surface area (Å²) in [5.41, 5.74) is 0.547. The lowest BCUT2D eigenvalue weighted by Crippen LogP contribution is -1.98. The molecule has 17 heavy (non-hydrogen) atoms. The van der Waals surface area contributed by atoms with Crippen LogP contribution in [0.4, 0.5) is 0 Å². The van der Waals surface area contributed by atoms with Crippen molar-refractivity contribution in [2.45, 2.75) is 13.5 Å². The van der Waals surface area contributed by atoms with Crippen molar-refractivity contribution in [3.63, 3.8) is 0 Å². The Labute approximate surface area is 104 Å². The van der Waals surface area contributed by atoms with E-state index >= 15 is 0 Å². The van der Waals surface area contributed by atoms with E-state index in [9.17, 15) is 0 Å². The number of rotatable bonds is 3. The summed E-state index contributed by atoms with van der Waals surface area (Å²) < 4.78 is 5.57. The molecule has 0 bridgehead atoms. The van der Waals surface area contributed by atoms with Gasteiger partial charge in [0.05, 0.1) is 12.2 Å². The van der Waals surface area contributed by atoms with E-state index in [1.807, 2.05) is 0 Å². The van der Waals surface area contributed by atoms with Crippen LogP contribution in [-0.4, -0.2) is 15.1 Å². The Balaban J connectivity index is 2.28. The quantitative estimate of drug-likeness (QED) is 0.910. The maximum atomic E-state index is 9.15. The molecule has 0 aliphatic carbocycles. The van der Waals surface area contributed by atoms with E-state index in [4.69, 9.17) is 21.4 Å². The largest absolute Gasteiger partial charge is 0.439 e. The third-order valence-electron chi connectivity index (χ3n) is 2.14. The van der Waals surface area contributed by atoms with E-state index in [-0.39, 0.29) is 6.61 Å². The zero-order valence-electron chi connectivity index (χ0n) is 9.22. The molecule has 2 aromatic rings. The van der Waals surface area contributed by atoms with Crippen LogP contribution in [0.15, 0.2) is 30.5 Å². The average molecular weight is 251 g/mol. The van der Waals surface area contributed by atoms with E-state index in [1.165, 1.54) is 0 Å². The first-order valence-corrected chi connectivity index (χ1v) is 5.43. The van der Waals surface area contributed by atoms with Crippen LogP contribution in [0.3, 0.4) is 0 Å². The van der Waals surface area contributed by atoms with Crippen molar-refractivity contribution in [3.05, 3.63) is 46.9 Å². The molecule has 5 heteroatoms. The van der Waals surface area contributed by atoms with Gasteiger partial charge in [-0.25, -0.2) is 4.98 Å². The molecule has 4 nitrogen and oxygen atoms in total. The molecule has 0 saturated carbocycles. The summed E-state index contributed by atoms with van der Waals surface area (Å²) in [5, 5.41) is 9.79. The minimum Gasteiger partial charge on any atom is -0.439 e. The predicted octanol–water partition coefficient (Wildman–Crippen LogP) is 2.72. The monoisotopic (exact) mass is 250 g/mol. The highest BCUT2D eigenvalue weighted by atomic mass is 35.5. The number of aromatic nitrogens is 2. The Kier molecular flexibility index (Phi) is 3.56. The Morgan fingerprint density at radius 2 is 2.00 bits per heavy atom. The second-order valence-electron chi connectivity index (χ2n) is 3.46. The van der Waals surface area contributed by atoms with Crippen LogP contribution in [0.1, 0.15) is 11.4 Å². The topological polar surface area (TPSA) is 55.2 Å². The number of ether oxygens (including phenoxy) is 1. The summed E-state index contributed by atoms with van der Waals surface area (Å²) in [6.07, 6.45) is 1.55. The van der Waals surface area contributed by atoms with Gasteiger partial charge in [-0.3, -0.25) is 0 Å². The second-order valence-corrected chi connectivity index (χ2v) is 3.90. The molecule has 0 spiro atoms. The van der Waals surface area contributed by atoms with E-state index in [2.05, 4.69) is 9.97 Å². The standard InChI is InChI=1S/C12H11ClN2O2/c1-8-14-6-9(7-16)12(15-8)17-11-4-2-10(13)3-5-11/h2-6,16H,7H2,1H3. The minimum absolute atomic E-state index is 0.163. The zero-order chi connectivity index (χ0) is 12.3. The summed E-state index contributed by atoms with van der Waals surface area (Å²) in [6, 6.07) is 6.93. The molecule has 0 saturated heterocycles. The Hall–Kier alpha value is -1.65. The molecule has 1 aromatic heterocycles. The molecular formula is C12H11ClN2O2. The first-order chi connectivity index (χ1) is 8.19. The first-order valence-electron chi connectivity index (χ1n) is 5.06. The molecule has 1 aromatic carbocycles. The third-order valence-corrected chi connectivity index (χ3v) is 2.40. The van der Waals surface area contributed by atoms with Crippen LogP contribution < -0.4 is 4.74 Å². The molecule has 1 heterocycles. The van der Waals surface area contributed by atoms with Crippen molar-refractivity contribution in [2.24, 2.45) is 0 Å². The van der Waals surface area contributed by atoms with Crippen LogP contribution in [-0.2, 0) is 6.61 Å². The highest BCUT2D eigenvalue weighted by Crippen LogP contribution is 2.24. The molecule has 1 N–H and O–H groups in total. The van der Waals surface area contributed by atoms with Gasteiger partial charge in [0.25, 0.3) is 0 Å². The molecule has 0 aliphatic heterocycles. The summed E-state index contributed by atoms with van der Waals surface area (Å²) in [5.74, 6) is 1.57. The molecule has 0 unspecified atom stereocenters. The van der Waals surface area contributed by atoms with E-state index in [1.54, 1.807) is 37.4 Å². The number of hydrogen-bond acceptors (Lipinski definition) is 4. The van der Waals surface area contributed by atoms with Gasteiger partial charge in [-0.05, 0) is 31.2 Å². The van der Waals surface area contributed by atoms with Crippen molar-refractivity contribution in [1.82, 2.24) is 9.97 Å². The fourth-order valence-corrected chi connectivity index (χ4v) is 1.41. The highest BCUT2D eigenvalue weighted by Gasteiger charge is 2.07. The number of nitrogens with zero attached hydrogens (tertiary/aromatic N) is 2. The van der Waals surface area contributed by atoms with Gasteiger partial charge >= 0.3 is 0 Å². The maximum Gasteiger partial charge on any atom is 0.228 e. The van der Waals surface area contributed by atoms with Gasteiger partial charge in [-0.2, -0.15) is 4.98 Å². The Morgan fingerprint density at radius 1 is 1.29 bits per heavy atom. The Bertz CT molecular complexity index is 514. The summed E-state index contributed by atoms with van der Waals surface area (Å²) in [6.45, 7) is 1.60. The van der Waals surface area contributed by atoms with Gasteiger partial charge in [0.15, 0.2) is 0 Å². The Morgan fingerprint density at radius 3 is 2.65 bits per heavy atom. The molecule has 2 rings (SSSR count). The van der Waals surface area contributed by atoms with Crippen molar-refractivity contribution in [1.29, 1.82) is 0 Å². The van der Waals surface area contributed by atoms with Gasteiger partial charge in [0, 0.05) is 11.2 Å². The normalized spacial score (nSPS) is 10.3. The summed E-state index contributed by atoms with van der Waals surface area (Å²) >= 11 is 5.78. The van der Waals surface area contributed by atoms with Crippen LogP contribution in [0.25, 0.3) is 0 Å². The minimum atomic E-state index is -0.163. The van der Waals surface area contributed by atoms with Crippen molar-refractivity contribution < 1.29 is 9.84 Å². The predicted molar refractivity (Wildman–Crippen MR) is 64.2 cm³/mol. The van der Waals surface area contributed by atoms with Gasteiger partial charge in [-0.1, -0.05) is 11.6 Å². The fourth-order valence-electron chi connectivity index (χ4n) is 1.29. The zero-order valence-corrected chi connectivity index (χ0v) is 9.98. The lowest BCUT2D eigenvalue weighted by atomic mass is 10.3. The summed E-state index contributed by atoms with van der Waals surface area (Å²) in [7, 11) is 0. The van der Waals surface area contributed by atoms with Gasteiger partial charge in [0.1, 0.15) is 11.6 Å². The van der Waals surface area contributed by atoms with Crippen molar-refractivity contribution in [3.8, 4) is 11.6 Å². The van der Waals surface area contributed by atoms with Gasteiger partial charge in [-0.15, -0.1) is 0 Å². The molecule has 0 fully saturated rings.